The number of nitrogens with one attached hydrogen (secondary N) is 2. The summed E-state index contributed by atoms with van der Waals surface area (Å²) in [5.74, 6) is 0.760. The zero-order chi connectivity index (χ0) is 18.3. The van der Waals surface area contributed by atoms with Gasteiger partial charge in [0.2, 0.25) is 0 Å². The van der Waals surface area contributed by atoms with Gasteiger partial charge in [-0.15, -0.1) is 0 Å². The van der Waals surface area contributed by atoms with Crippen LogP contribution in [-0.2, 0) is 0 Å². The zero-order valence-corrected chi connectivity index (χ0v) is 15.5. The smallest absolute Gasteiger partial charge is 0.147 e. The van der Waals surface area contributed by atoms with E-state index >= 15 is 0 Å². The Labute approximate surface area is 153 Å². The molecule has 0 radical (unpaired) electrons. The SMILES string of the molecule is Cc1cc(C)c2nc(N/N=C/c3c(C)[nH]c4ccccc34)cc(C)c2c1. The molecule has 2 N–H and O–H groups in total. The minimum atomic E-state index is 0.760. The Hall–Kier alpha value is -3.14. The van der Waals surface area contributed by atoms with Crippen LogP contribution in [0.4, 0.5) is 5.82 Å². The number of nitrogens with zero attached hydrogens (tertiary/aromatic N) is 2. The number of hydrogen-bond acceptors (Lipinski definition) is 3. The van der Waals surface area contributed by atoms with Crippen LogP contribution in [0.25, 0.3) is 21.8 Å². The second kappa shape index (κ2) is 6.30. The lowest BCUT2D eigenvalue weighted by atomic mass is 10.0. The minimum Gasteiger partial charge on any atom is -0.358 e. The number of hydrazone groups is 1. The third-order valence-corrected chi connectivity index (χ3v) is 4.77. The largest absolute Gasteiger partial charge is 0.358 e. The average Bonchev–Trinajstić information content (AvgIpc) is 2.92. The highest BCUT2D eigenvalue weighted by Gasteiger charge is 2.07. The predicted molar refractivity (Wildman–Crippen MR) is 110 cm³/mol. The molecule has 4 heteroatoms. The van der Waals surface area contributed by atoms with E-state index in [0.29, 0.717) is 0 Å². The third kappa shape index (κ3) is 2.84. The summed E-state index contributed by atoms with van der Waals surface area (Å²) in [6.07, 6.45) is 1.86. The first-order valence-corrected chi connectivity index (χ1v) is 8.78. The molecule has 2 heterocycles. The number of pyridine rings is 1. The fraction of sp³-hybridized carbons (Fsp3) is 0.182. The standard InChI is InChI=1S/C22H22N4/c1-13-9-15(3)22-18(10-13)14(2)11-21(25-22)26-23-12-19-16(4)24-20-8-6-5-7-17(19)20/h5-12,24H,1-4H3,(H,25,26)/b23-12+. The molecule has 0 amide bonds. The van der Waals surface area contributed by atoms with Crippen LogP contribution in [0, 0.1) is 27.7 Å². The number of H-pyrrole nitrogens is 1. The summed E-state index contributed by atoms with van der Waals surface area (Å²) >= 11 is 0. The monoisotopic (exact) mass is 342 g/mol. The van der Waals surface area contributed by atoms with Crippen molar-refractivity contribution in [3.8, 4) is 0 Å². The van der Waals surface area contributed by atoms with E-state index in [1.165, 1.54) is 27.5 Å². The molecule has 0 spiro atoms. The van der Waals surface area contributed by atoms with E-state index in [1.54, 1.807) is 0 Å². The first-order valence-electron chi connectivity index (χ1n) is 8.78. The van der Waals surface area contributed by atoms with Gasteiger partial charge < -0.3 is 4.98 Å². The van der Waals surface area contributed by atoms with Crippen molar-refractivity contribution in [2.75, 3.05) is 5.43 Å². The van der Waals surface area contributed by atoms with E-state index in [4.69, 9.17) is 4.98 Å². The van der Waals surface area contributed by atoms with E-state index in [1.807, 2.05) is 24.4 Å². The Balaban J connectivity index is 1.67. The van der Waals surface area contributed by atoms with Gasteiger partial charge in [-0.05, 0) is 57.0 Å². The number of aryl methyl sites for hydroxylation is 4. The first kappa shape index (κ1) is 16.3. The molecule has 2 aromatic heterocycles. The van der Waals surface area contributed by atoms with Crippen molar-refractivity contribution >= 4 is 33.8 Å². The zero-order valence-electron chi connectivity index (χ0n) is 15.5. The van der Waals surface area contributed by atoms with Crippen molar-refractivity contribution in [3.63, 3.8) is 0 Å². The third-order valence-electron chi connectivity index (χ3n) is 4.77. The fourth-order valence-corrected chi connectivity index (χ4v) is 3.53. The Morgan fingerprint density at radius 3 is 2.62 bits per heavy atom. The van der Waals surface area contributed by atoms with Gasteiger partial charge in [0.25, 0.3) is 0 Å². The van der Waals surface area contributed by atoms with Crippen LogP contribution >= 0.6 is 0 Å². The quantitative estimate of drug-likeness (QED) is 0.387. The number of fused-ring (bicyclic) bond motifs is 2. The lowest BCUT2D eigenvalue weighted by Crippen LogP contribution is -1.97. The summed E-state index contributed by atoms with van der Waals surface area (Å²) in [5, 5.41) is 6.80. The molecular weight excluding hydrogens is 320 g/mol. The molecule has 130 valence electrons. The average molecular weight is 342 g/mol. The summed E-state index contributed by atoms with van der Waals surface area (Å²) in [7, 11) is 0. The molecule has 4 rings (SSSR count). The molecule has 0 aliphatic rings. The van der Waals surface area contributed by atoms with Gasteiger partial charge in [-0.25, -0.2) is 4.98 Å². The minimum absolute atomic E-state index is 0.760. The van der Waals surface area contributed by atoms with Crippen LogP contribution in [0.5, 0.6) is 0 Å². The second-order valence-electron chi connectivity index (χ2n) is 6.88. The molecule has 0 aliphatic heterocycles. The maximum absolute atomic E-state index is 4.75. The van der Waals surface area contributed by atoms with Crippen molar-refractivity contribution < 1.29 is 0 Å². The predicted octanol–water partition coefficient (Wildman–Crippen LogP) is 5.40. The maximum Gasteiger partial charge on any atom is 0.147 e. The van der Waals surface area contributed by atoms with E-state index in [0.717, 1.165) is 28.1 Å². The molecule has 4 nitrogen and oxygen atoms in total. The van der Waals surface area contributed by atoms with E-state index in [9.17, 15) is 0 Å². The molecule has 4 aromatic rings. The summed E-state index contributed by atoms with van der Waals surface area (Å²) in [6, 6.07) is 14.6. The molecule has 26 heavy (non-hydrogen) atoms. The van der Waals surface area contributed by atoms with Gasteiger partial charge in [-0.3, -0.25) is 5.43 Å². The lowest BCUT2D eigenvalue weighted by molar-refractivity contribution is 1.23. The van der Waals surface area contributed by atoms with Crippen LogP contribution in [0.15, 0.2) is 47.6 Å². The molecule has 2 aromatic carbocycles. The van der Waals surface area contributed by atoms with Crippen molar-refractivity contribution in [3.05, 3.63) is 70.4 Å². The van der Waals surface area contributed by atoms with Gasteiger partial charge in [0.15, 0.2) is 0 Å². The number of anilines is 1. The van der Waals surface area contributed by atoms with Crippen molar-refractivity contribution in [2.24, 2.45) is 5.10 Å². The van der Waals surface area contributed by atoms with Crippen LogP contribution in [0.2, 0.25) is 0 Å². The van der Waals surface area contributed by atoms with E-state index in [-0.39, 0.29) is 0 Å². The molecule has 0 unspecified atom stereocenters. The molecule has 0 bridgehead atoms. The number of hydrogen-bond donors (Lipinski definition) is 2. The number of rotatable bonds is 3. The van der Waals surface area contributed by atoms with Gasteiger partial charge in [0.05, 0.1) is 11.7 Å². The normalized spacial score (nSPS) is 11.7. The van der Waals surface area contributed by atoms with Gasteiger partial charge in [-0.2, -0.15) is 5.10 Å². The maximum atomic E-state index is 4.75. The molecular formula is C22H22N4. The summed E-state index contributed by atoms with van der Waals surface area (Å²) < 4.78 is 0. The highest BCUT2D eigenvalue weighted by molar-refractivity contribution is 6.00. The summed E-state index contributed by atoms with van der Waals surface area (Å²) in [6.45, 7) is 8.39. The molecule has 0 fully saturated rings. The number of para-hydroxylation sites is 1. The summed E-state index contributed by atoms with van der Waals surface area (Å²) in [4.78, 5) is 8.13. The highest BCUT2D eigenvalue weighted by atomic mass is 15.3. The Kier molecular flexibility index (Phi) is 3.96. The van der Waals surface area contributed by atoms with Crippen molar-refractivity contribution in [2.45, 2.75) is 27.7 Å². The lowest BCUT2D eigenvalue weighted by Gasteiger charge is -2.09. The second-order valence-corrected chi connectivity index (χ2v) is 6.88. The van der Waals surface area contributed by atoms with Crippen LogP contribution in [0.3, 0.4) is 0 Å². The first-order chi connectivity index (χ1) is 12.5. The number of aromatic amines is 1. The fourth-order valence-electron chi connectivity index (χ4n) is 3.53. The molecule has 0 aliphatic carbocycles. The molecule has 0 saturated heterocycles. The summed E-state index contributed by atoms with van der Waals surface area (Å²) in [5.41, 5.74) is 11.1. The topological polar surface area (TPSA) is 53.1 Å². The van der Waals surface area contributed by atoms with Gasteiger partial charge >= 0.3 is 0 Å². The van der Waals surface area contributed by atoms with Gasteiger partial charge in [0.1, 0.15) is 5.82 Å². The number of benzene rings is 2. The molecule has 0 saturated carbocycles. The van der Waals surface area contributed by atoms with Crippen LogP contribution in [-0.4, -0.2) is 16.2 Å². The van der Waals surface area contributed by atoms with Crippen molar-refractivity contribution in [1.29, 1.82) is 0 Å². The van der Waals surface area contributed by atoms with E-state index < -0.39 is 0 Å². The van der Waals surface area contributed by atoms with Crippen LogP contribution < -0.4 is 5.43 Å². The Morgan fingerprint density at radius 1 is 0.962 bits per heavy atom. The molecule has 0 atom stereocenters. The van der Waals surface area contributed by atoms with Gasteiger partial charge in [0, 0.05) is 27.5 Å². The van der Waals surface area contributed by atoms with Crippen molar-refractivity contribution in [1.82, 2.24) is 9.97 Å². The highest BCUT2D eigenvalue weighted by Crippen LogP contribution is 2.25. The number of aromatic nitrogens is 2. The Morgan fingerprint density at radius 2 is 1.77 bits per heavy atom. The Bertz CT molecular complexity index is 1150. The van der Waals surface area contributed by atoms with Gasteiger partial charge in [-0.1, -0.05) is 29.8 Å². The van der Waals surface area contributed by atoms with Crippen LogP contribution in [0.1, 0.15) is 27.9 Å². The van der Waals surface area contributed by atoms with E-state index in [2.05, 4.69) is 67.5 Å².